The quantitative estimate of drug-likeness (QED) is 0.743. The molecule has 0 aliphatic rings. The zero-order valence-electron chi connectivity index (χ0n) is 15.9. The van der Waals surface area contributed by atoms with Crippen molar-refractivity contribution in [2.24, 2.45) is 0 Å². The van der Waals surface area contributed by atoms with Crippen LogP contribution in [0.1, 0.15) is 31.4 Å². The van der Waals surface area contributed by atoms with Crippen LogP contribution in [0.3, 0.4) is 0 Å². The van der Waals surface area contributed by atoms with E-state index in [9.17, 15) is 4.79 Å². The molecule has 0 aromatic heterocycles. The van der Waals surface area contributed by atoms with Gasteiger partial charge in [-0.2, -0.15) is 0 Å². The number of aryl methyl sites for hydroxylation is 1. The molecule has 0 aliphatic heterocycles. The van der Waals surface area contributed by atoms with Gasteiger partial charge in [-0.3, -0.25) is 4.79 Å². The third-order valence-electron chi connectivity index (χ3n) is 3.89. The van der Waals surface area contributed by atoms with Crippen LogP contribution < -0.4 is 19.5 Å². The fourth-order valence-electron chi connectivity index (χ4n) is 2.57. The van der Waals surface area contributed by atoms with Crippen LogP contribution in [0.5, 0.6) is 17.2 Å². The Morgan fingerprint density at radius 1 is 1.00 bits per heavy atom. The SMILES string of the molecule is COc1ccc(OC)c(CCC(=O)NCc2ccc(OC(C)C)cc2)c1. The first kappa shape index (κ1) is 19.6. The van der Waals surface area contributed by atoms with Gasteiger partial charge in [0.2, 0.25) is 5.91 Å². The van der Waals surface area contributed by atoms with E-state index in [0.29, 0.717) is 19.4 Å². The summed E-state index contributed by atoms with van der Waals surface area (Å²) in [6, 6.07) is 13.4. The second-order valence-corrected chi connectivity index (χ2v) is 6.27. The summed E-state index contributed by atoms with van der Waals surface area (Å²) >= 11 is 0. The standard InChI is InChI=1S/C21H27NO4/c1-15(2)26-18-8-5-16(6-9-18)14-22-21(23)12-7-17-13-19(24-3)10-11-20(17)25-4/h5-6,8-11,13,15H,7,12,14H2,1-4H3,(H,22,23). The first-order chi connectivity index (χ1) is 12.5. The zero-order valence-corrected chi connectivity index (χ0v) is 15.9. The van der Waals surface area contributed by atoms with Crippen molar-refractivity contribution in [3.05, 3.63) is 53.6 Å². The monoisotopic (exact) mass is 357 g/mol. The van der Waals surface area contributed by atoms with Gasteiger partial charge >= 0.3 is 0 Å². The van der Waals surface area contributed by atoms with Gasteiger partial charge in [-0.15, -0.1) is 0 Å². The van der Waals surface area contributed by atoms with Gasteiger partial charge in [0.15, 0.2) is 0 Å². The van der Waals surface area contributed by atoms with Crippen molar-refractivity contribution in [1.82, 2.24) is 5.32 Å². The Morgan fingerprint density at radius 3 is 2.31 bits per heavy atom. The molecule has 0 unspecified atom stereocenters. The van der Waals surface area contributed by atoms with E-state index in [0.717, 1.165) is 28.4 Å². The summed E-state index contributed by atoms with van der Waals surface area (Å²) in [5, 5.41) is 2.94. The van der Waals surface area contributed by atoms with E-state index in [1.165, 1.54) is 0 Å². The van der Waals surface area contributed by atoms with Crippen LogP contribution in [-0.2, 0) is 17.8 Å². The van der Waals surface area contributed by atoms with Crippen LogP contribution in [0, 0.1) is 0 Å². The van der Waals surface area contributed by atoms with E-state index in [-0.39, 0.29) is 12.0 Å². The molecule has 0 heterocycles. The minimum absolute atomic E-state index is 0.00243. The molecule has 0 spiro atoms. The summed E-state index contributed by atoms with van der Waals surface area (Å²) in [5.41, 5.74) is 1.99. The lowest BCUT2D eigenvalue weighted by Crippen LogP contribution is -2.23. The highest BCUT2D eigenvalue weighted by Gasteiger charge is 2.08. The van der Waals surface area contributed by atoms with E-state index >= 15 is 0 Å². The molecule has 0 saturated heterocycles. The summed E-state index contributed by atoms with van der Waals surface area (Å²) in [4.78, 5) is 12.1. The number of carbonyl (C=O) groups excluding carboxylic acids is 1. The van der Waals surface area contributed by atoms with Crippen molar-refractivity contribution in [3.8, 4) is 17.2 Å². The lowest BCUT2D eigenvalue weighted by atomic mass is 10.1. The van der Waals surface area contributed by atoms with E-state index < -0.39 is 0 Å². The van der Waals surface area contributed by atoms with Crippen molar-refractivity contribution in [2.45, 2.75) is 39.3 Å². The average Bonchev–Trinajstić information content (AvgIpc) is 2.65. The number of amides is 1. The highest BCUT2D eigenvalue weighted by atomic mass is 16.5. The Bertz CT molecular complexity index is 710. The predicted octanol–water partition coefficient (Wildman–Crippen LogP) is 3.74. The van der Waals surface area contributed by atoms with Crippen molar-refractivity contribution >= 4 is 5.91 Å². The topological polar surface area (TPSA) is 56.8 Å². The number of ether oxygens (including phenoxy) is 3. The molecule has 1 amide bonds. The van der Waals surface area contributed by atoms with Crippen LogP contribution >= 0.6 is 0 Å². The molecule has 0 radical (unpaired) electrons. The summed E-state index contributed by atoms with van der Waals surface area (Å²) in [5.74, 6) is 2.35. The molecular formula is C21H27NO4. The number of methoxy groups -OCH3 is 2. The Labute approximate surface area is 155 Å². The molecule has 2 aromatic rings. The van der Waals surface area contributed by atoms with Crippen LogP contribution in [0.15, 0.2) is 42.5 Å². The molecule has 5 heteroatoms. The van der Waals surface area contributed by atoms with Gasteiger partial charge in [-0.1, -0.05) is 12.1 Å². The molecule has 0 saturated carbocycles. The van der Waals surface area contributed by atoms with Crippen LogP contribution in [-0.4, -0.2) is 26.2 Å². The molecule has 0 atom stereocenters. The van der Waals surface area contributed by atoms with Crippen LogP contribution in [0.25, 0.3) is 0 Å². The smallest absolute Gasteiger partial charge is 0.220 e. The van der Waals surface area contributed by atoms with E-state index in [4.69, 9.17) is 14.2 Å². The second-order valence-electron chi connectivity index (χ2n) is 6.27. The molecule has 0 bridgehead atoms. The number of rotatable bonds is 9. The third kappa shape index (κ3) is 5.99. The summed E-state index contributed by atoms with van der Waals surface area (Å²) in [6.07, 6.45) is 1.12. The first-order valence-corrected chi connectivity index (χ1v) is 8.75. The Hall–Kier alpha value is -2.69. The number of carbonyl (C=O) groups is 1. The van der Waals surface area contributed by atoms with Gasteiger partial charge in [0.05, 0.1) is 20.3 Å². The van der Waals surface area contributed by atoms with Gasteiger partial charge in [0, 0.05) is 13.0 Å². The van der Waals surface area contributed by atoms with Crippen LogP contribution in [0.4, 0.5) is 0 Å². The Kier molecular flexibility index (Phi) is 7.33. The molecule has 0 fully saturated rings. The van der Waals surface area contributed by atoms with E-state index in [1.54, 1.807) is 14.2 Å². The normalized spacial score (nSPS) is 10.5. The zero-order chi connectivity index (χ0) is 18.9. The second kappa shape index (κ2) is 9.70. The van der Waals surface area contributed by atoms with Crippen molar-refractivity contribution in [3.63, 3.8) is 0 Å². The number of nitrogens with one attached hydrogen (secondary N) is 1. The Morgan fingerprint density at radius 2 is 1.69 bits per heavy atom. The van der Waals surface area contributed by atoms with Gasteiger partial charge < -0.3 is 19.5 Å². The fourth-order valence-corrected chi connectivity index (χ4v) is 2.57. The summed E-state index contributed by atoms with van der Waals surface area (Å²) in [6.45, 7) is 4.48. The molecule has 0 aliphatic carbocycles. The number of benzene rings is 2. The molecule has 26 heavy (non-hydrogen) atoms. The predicted molar refractivity (Wildman–Crippen MR) is 102 cm³/mol. The highest BCUT2D eigenvalue weighted by Crippen LogP contribution is 2.25. The van der Waals surface area contributed by atoms with Gasteiger partial charge in [0.25, 0.3) is 0 Å². The minimum atomic E-state index is -0.00243. The third-order valence-corrected chi connectivity index (χ3v) is 3.89. The summed E-state index contributed by atoms with van der Waals surface area (Å²) in [7, 11) is 3.24. The largest absolute Gasteiger partial charge is 0.497 e. The molecule has 1 N–H and O–H groups in total. The van der Waals surface area contributed by atoms with Crippen molar-refractivity contribution in [1.29, 1.82) is 0 Å². The van der Waals surface area contributed by atoms with Crippen molar-refractivity contribution < 1.29 is 19.0 Å². The molecule has 2 rings (SSSR count). The minimum Gasteiger partial charge on any atom is -0.497 e. The molecule has 2 aromatic carbocycles. The highest BCUT2D eigenvalue weighted by molar-refractivity contribution is 5.76. The van der Waals surface area contributed by atoms with E-state index in [2.05, 4.69) is 5.32 Å². The lowest BCUT2D eigenvalue weighted by molar-refractivity contribution is -0.121. The van der Waals surface area contributed by atoms with Crippen LogP contribution in [0.2, 0.25) is 0 Å². The maximum atomic E-state index is 12.1. The average molecular weight is 357 g/mol. The molecule has 5 nitrogen and oxygen atoms in total. The first-order valence-electron chi connectivity index (χ1n) is 8.75. The van der Waals surface area contributed by atoms with Gasteiger partial charge in [0.1, 0.15) is 17.2 Å². The molecular weight excluding hydrogens is 330 g/mol. The van der Waals surface area contributed by atoms with E-state index in [1.807, 2.05) is 56.3 Å². The van der Waals surface area contributed by atoms with Gasteiger partial charge in [-0.25, -0.2) is 0 Å². The fraction of sp³-hybridized carbons (Fsp3) is 0.381. The lowest BCUT2D eigenvalue weighted by Gasteiger charge is -2.11. The number of hydrogen-bond acceptors (Lipinski definition) is 4. The van der Waals surface area contributed by atoms with Crippen molar-refractivity contribution in [2.75, 3.05) is 14.2 Å². The Balaban J connectivity index is 1.84. The van der Waals surface area contributed by atoms with Gasteiger partial charge in [-0.05, 0) is 61.7 Å². The molecule has 140 valence electrons. The maximum absolute atomic E-state index is 12.1. The number of hydrogen-bond donors (Lipinski definition) is 1. The maximum Gasteiger partial charge on any atom is 0.220 e. The summed E-state index contributed by atoms with van der Waals surface area (Å²) < 4.78 is 16.2.